The first-order valence-corrected chi connectivity index (χ1v) is 10.4. The van der Waals surface area contributed by atoms with Gasteiger partial charge in [0, 0.05) is 28.9 Å². The van der Waals surface area contributed by atoms with Crippen LogP contribution in [0, 0.1) is 0 Å². The first kappa shape index (κ1) is 17.2. The lowest BCUT2D eigenvalue weighted by atomic mass is 10.3. The van der Waals surface area contributed by atoms with Gasteiger partial charge in [-0.3, -0.25) is 14.3 Å². The van der Waals surface area contributed by atoms with Gasteiger partial charge in [0.05, 0.1) is 11.8 Å². The molecule has 1 aliphatic rings. The van der Waals surface area contributed by atoms with E-state index in [2.05, 4.69) is 25.1 Å². The van der Waals surface area contributed by atoms with Gasteiger partial charge in [0.1, 0.15) is 0 Å². The maximum absolute atomic E-state index is 12.3. The quantitative estimate of drug-likeness (QED) is 0.628. The second kappa shape index (κ2) is 7.59. The van der Waals surface area contributed by atoms with Gasteiger partial charge in [-0.2, -0.15) is 0 Å². The number of thioether (sulfide) groups is 1. The zero-order valence-electron chi connectivity index (χ0n) is 14.3. The molecule has 0 spiro atoms. The van der Waals surface area contributed by atoms with E-state index in [0.29, 0.717) is 11.8 Å². The average molecular weight is 386 g/mol. The molecule has 0 radical (unpaired) electrons. The van der Waals surface area contributed by atoms with E-state index in [1.165, 1.54) is 11.8 Å². The maximum Gasteiger partial charge on any atom is 0.230 e. The Balaban J connectivity index is 1.44. The van der Waals surface area contributed by atoms with Crippen molar-refractivity contribution in [3.05, 3.63) is 46.9 Å². The van der Waals surface area contributed by atoms with Gasteiger partial charge in [0.15, 0.2) is 11.0 Å². The van der Waals surface area contributed by atoms with Gasteiger partial charge < -0.3 is 5.32 Å². The Kier molecular flexibility index (Phi) is 5.03. The van der Waals surface area contributed by atoms with Crippen molar-refractivity contribution in [2.24, 2.45) is 0 Å². The zero-order valence-corrected chi connectivity index (χ0v) is 16.0. The fraction of sp³-hybridized carbons (Fsp3) is 0.333. The standard InChI is InChI=1S/C18H19N5OS2/c1-12(15-5-3-9-25-15)20-16(24)11-26-18-22-21-17(23(18)14-6-7-14)13-4-2-8-19-10-13/h2-5,8-10,12,14H,6-7,11H2,1H3,(H,20,24)/t12-/m1/s1. The maximum atomic E-state index is 12.3. The molecule has 1 amide bonds. The molecular formula is C18H19N5OS2. The Hall–Kier alpha value is -2.19. The van der Waals surface area contributed by atoms with Gasteiger partial charge in [-0.25, -0.2) is 0 Å². The monoisotopic (exact) mass is 385 g/mol. The lowest BCUT2D eigenvalue weighted by Crippen LogP contribution is -2.27. The summed E-state index contributed by atoms with van der Waals surface area (Å²) in [7, 11) is 0. The van der Waals surface area contributed by atoms with Crippen LogP contribution in [0.1, 0.15) is 36.7 Å². The van der Waals surface area contributed by atoms with E-state index in [0.717, 1.165) is 34.3 Å². The number of pyridine rings is 1. The van der Waals surface area contributed by atoms with Crippen molar-refractivity contribution in [1.29, 1.82) is 0 Å². The molecule has 0 aliphatic heterocycles. The van der Waals surface area contributed by atoms with Crippen LogP contribution < -0.4 is 5.32 Å². The molecule has 6 nitrogen and oxygen atoms in total. The average Bonchev–Trinajstić information content (AvgIpc) is 3.18. The number of nitrogens with zero attached hydrogens (tertiary/aromatic N) is 4. The molecule has 0 unspecified atom stereocenters. The smallest absolute Gasteiger partial charge is 0.230 e. The van der Waals surface area contributed by atoms with Crippen LogP contribution in [-0.4, -0.2) is 31.4 Å². The molecule has 4 rings (SSSR count). The van der Waals surface area contributed by atoms with Crippen LogP contribution in [0.15, 0.2) is 47.2 Å². The van der Waals surface area contributed by atoms with Gasteiger partial charge in [-0.05, 0) is 43.3 Å². The van der Waals surface area contributed by atoms with E-state index >= 15 is 0 Å². The molecule has 3 aromatic rings. The van der Waals surface area contributed by atoms with Gasteiger partial charge in [0.25, 0.3) is 0 Å². The van der Waals surface area contributed by atoms with Crippen LogP contribution in [0.5, 0.6) is 0 Å². The molecule has 1 N–H and O–H groups in total. The lowest BCUT2D eigenvalue weighted by Gasteiger charge is -2.12. The molecule has 3 aromatic heterocycles. The van der Waals surface area contributed by atoms with Crippen molar-refractivity contribution in [3.8, 4) is 11.4 Å². The van der Waals surface area contributed by atoms with Gasteiger partial charge in [0.2, 0.25) is 5.91 Å². The number of carbonyl (C=O) groups is 1. The van der Waals surface area contributed by atoms with Crippen molar-refractivity contribution >= 4 is 29.0 Å². The summed E-state index contributed by atoms with van der Waals surface area (Å²) in [5.74, 6) is 1.16. The summed E-state index contributed by atoms with van der Waals surface area (Å²) in [5, 5.41) is 14.5. The second-order valence-electron chi connectivity index (χ2n) is 6.24. The highest BCUT2D eigenvalue weighted by atomic mass is 32.2. The first-order valence-electron chi connectivity index (χ1n) is 8.53. The number of rotatable bonds is 7. The number of nitrogens with one attached hydrogen (secondary N) is 1. The number of carbonyl (C=O) groups excluding carboxylic acids is 1. The third kappa shape index (κ3) is 3.81. The van der Waals surface area contributed by atoms with Crippen LogP contribution in [0.4, 0.5) is 0 Å². The fourth-order valence-electron chi connectivity index (χ4n) is 2.75. The van der Waals surface area contributed by atoms with Gasteiger partial charge in [-0.15, -0.1) is 21.5 Å². The summed E-state index contributed by atoms with van der Waals surface area (Å²) in [6.07, 6.45) is 5.80. The Bertz CT molecular complexity index is 874. The fourth-order valence-corrected chi connectivity index (χ4v) is 4.30. The molecule has 0 saturated heterocycles. The highest BCUT2D eigenvalue weighted by Gasteiger charge is 2.30. The topological polar surface area (TPSA) is 72.7 Å². The van der Waals surface area contributed by atoms with Gasteiger partial charge in [-0.1, -0.05) is 17.8 Å². The number of hydrogen-bond acceptors (Lipinski definition) is 6. The molecule has 3 heterocycles. The largest absolute Gasteiger partial charge is 0.348 e. The Morgan fingerprint density at radius 1 is 1.38 bits per heavy atom. The van der Waals surface area contributed by atoms with Crippen molar-refractivity contribution in [3.63, 3.8) is 0 Å². The molecule has 1 saturated carbocycles. The van der Waals surface area contributed by atoms with E-state index in [1.54, 1.807) is 23.7 Å². The van der Waals surface area contributed by atoms with Crippen molar-refractivity contribution in [2.45, 2.75) is 37.0 Å². The van der Waals surface area contributed by atoms with Crippen LogP contribution in [-0.2, 0) is 4.79 Å². The SMILES string of the molecule is C[C@@H](NC(=O)CSc1nnc(-c2cccnc2)n1C1CC1)c1cccs1. The summed E-state index contributed by atoms with van der Waals surface area (Å²) < 4.78 is 2.15. The van der Waals surface area contributed by atoms with Crippen LogP contribution in [0.2, 0.25) is 0 Å². The summed E-state index contributed by atoms with van der Waals surface area (Å²) >= 11 is 3.09. The van der Waals surface area contributed by atoms with E-state index in [4.69, 9.17) is 0 Å². The molecule has 26 heavy (non-hydrogen) atoms. The molecule has 134 valence electrons. The minimum absolute atomic E-state index is 0.00387. The van der Waals surface area contributed by atoms with E-state index in [-0.39, 0.29) is 11.9 Å². The molecule has 1 fully saturated rings. The predicted octanol–water partition coefficient (Wildman–Crippen LogP) is 3.71. The Morgan fingerprint density at radius 2 is 2.27 bits per heavy atom. The highest BCUT2D eigenvalue weighted by molar-refractivity contribution is 7.99. The molecular weight excluding hydrogens is 366 g/mol. The lowest BCUT2D eigenvalue weighted by molar-refractivity contribution is -0.119. The molecule has 8 heteroatoms. The van der Waals surface area contributed by atoms with Crippen molar-refractivity contribution in [2.75, 3.05) is 5.75 Å². The van der Waals surface area contributed by atoms with E-state index < -0.39 is 0 Å². The molecule has 1 atom stereocenters. The van der Waals surface area contributed by atoms with E-state index in [1.807, 2.05) is 36.6 Å². The minimum atomic E-state index is 0.00387. The molecule has 0 aromatic carbocycles. The minimum Gasteiger partial charge on any atom is -0.348 e. The zero-order chi connectivity index (χ0) is 17.9. The van der Waals surface area contributed by atoms with Crippen molar-refractivity contribution in [1.82, 2.24) is 25.1 Å². The highest BCUT2D eigenvalue weighted by Crippen LogP contribution is 2.40. The number of thiophene rings is 1. The summed E-state index contributed by atoms with van der Waals surface area (Å²) in [5.41, 5.74) is 0.953. The first-order chi connectivity index (χ1) is 12.7. The molecule has 0 bridgehead atoms. The number of hydrogen-bond donors (Lipinski definition) is 1. The van der Waals surface area contributed by atoms with Crippen LogP contribution >= 0.6 is 23.1 Å². The Labute approximate surface area is 160 Å². The summed E-state index contributed by atoms with van der Waals surface area (Å²) in [4.78, 5) is 17.6. The third-order valence-corrected chi connectivity index (χ3v) is 6.17. The second-order valence-corrected chi connectivity index (χ2v) is 8.16. The number of aromatic nitrogens is 4. The predicted molar refractivity (Wildman–Crippen MR) is 103 cm³/mol. The number of amides is 1. The van der Waals surface area contributed by atoms with E-state index in [9.17, 15) is 4.79 Å². The van der Waals surface area contributed by atoms with Crippen molar-refractivity contribution < 1.29 is 4.79 Å². The van der Waals surface area contributed by atoms with Gasteiger partial charge >= 0.3 is 0 Å². The summed E-state index contributed by atoms with van der Waals surface area (Å²) in [6, 6.07) is 8.36. The normalized spacial score (nSPS) is 15.0. The van der Waals surface area contributed by atoms with Crippen LogP contribution in [0.3, 0.4) is 0 Å². The van der Waals surface area contributed by atoms with Crippen LogP contribution in [0.25, 0.3) is 11.4 Å². The third-order valence-electron chi connectivity index (χ3n) is 4.18. The summed E-state index contributed by atoms with van der Waals surface area (Å²) in [6.45, 7) is 2.00. The Morgan fingerprint density at radius 3 is 2.96 bits per heavy atom. The molecule has 1 aliphatic carbocycles.